The number of aromatic nitrogens is 1. The number of carboxylic acid groups (broad SMARTS) is 1. The van der Waals surface area contributed by atoms with E-state index in [0.717, 1.165) is 0 Å². The first kappa shape index (κ1) is 14.3. The van der Waals surface area contributed by atoms with Crippen LogP contribution in [0.2, 0.25) is 15.2 Å². The number of aromatic carboxylic acids is 1. The molecule has 0 saturated heterocycles. The third kappa shape index (κ3) is 2.66. The van der Waals surface area contributed by atoms with Crippen molar-refractivity contribution in [3.8, 4) is 0 Å². The molecule has 14 heavy (non-hydrogen) atoms. The van der Waals surface area contributed by atoms with Gasteiger partial charge in [0.1, 0.15) is 5.02 Å². The Balaban J connectivity index is 0.00000169. The van der Waals surface area contributed by atoms with E-state index in [4.69, 9.17) is 45.6 Å². The van der Waals surface area contributed by atoms with Crippen LogP contribution in [0.1, 0.15) is 10.5 Å². The third-order valence-corrected chi connectivity index (χ3v) is 2.41. The largest absolute Gasteiger partial charge is 0.476 e. The van der Waals surface area contributed by atoms with Crippen molar-refractivity contribution in [1.82, 2.24) is 4.98 Å². The van der Waals surface area contributed by atoms with Crippen LogP contribution in [0.3, 0.4) is 0 Å². The quantitative estimate of drug-likeness (QED) is 0.600. The van der Waals surface area contributed by atoms with Crippen molar-refractivity contribution in [2.75, 3.05) is 5.73 Å². The van der Waals surface area contributed by atoms with E-state index in [0.29, 0.717) is 0 Å². The number of rotatable bonds is 1. The van der Waals surface area contributed by atoms with Crippen molar-refractivity contribution in [3.63, 3.8) is 0 Å². The molecule has 0 bridgehead atoms. The Kier molecular flexibility index (Phi) is 5.51. The van der Waals surface area contributed by atoms with Crippen molar-refractivity contribution in [2.45, 2.75) is 0 Å². The van der Waals surface area contributed by atoms with Crippen LogP contribution in [0.5, 0.6) is 0 Å². The molecule has 0 saturated carbocycles. The number of carboxylic acids is 1. The fourth-order valence-corrected chi connectivity index (χ4v) is 1.26. The maximum atomic E-state index is 10.5. The number of nitrogens with zero attached hydrogens (tertiary/aromatic N) is 1. The second-order valence-corrected chi connectivity index (χ2v) is 3.21. The number of hydrogen-bond acceptors (Lipinski definition) is 3. The van der Waals surface area contributed by atoms with Crippen molar-refractivity contribution in [2.24, 2.45) is 0 Å². The normalized spacial score (nSPS) is 9.36. The zero-order chi connectivity index (χ0) is 10.2. The number of carbonyl (C=O) groups is 1. The summed E-state index contributed by atoms with van der Waals surface area (Å²) < 4.78 is 0. The fraction of sp³-hybridized carbons (Fsp3) is 0. The first-order valence-corrected chi connectivity index (χ1v) is 4.11. The van der Waals surface area contributed by atoms with Crippen molar-refractivity contribution in [1.29, 1.82) is 0 Å². The number of anilines is 1. The summed E-state index contributed by atoms with van der Waals surface area (Å²) >= 11 is 16.6. The molecule has 0 aliphatic heterocycles. The summed E-state index contributed by atoms with van der Waals surface area (Å²) in [5.74, 6) is -1.31. The molecular formula is C6H3Cl3N2NaO2. The van der Waals surface area contributed by atoms with E-state index >= 15 is 0 Å². The molecule has 1 radical (unpaired) electrons. The molecule has 1 heterocycles. The molecule has 0 aliphatic rings. The maximum absolute atomic E-state index is 10.5. The van der Waals surface area contributed by atoms with Gasteiger partial charge in [0.2, 0.25) is 0 Å². The molecule has 1 aromatic rings. The smallest absolute Gasteiger partial charge is 0.356 e. The number of halogens is 3. The van der Waals surface area contributed by atoms with Crippen LogP contribution in [-0.4, -0.2) is 45.6 Å². The van der Waals surface area contributed by atoms with Crippen LogP contribution in [0.15, 0.2) is 0 Å². The zero-order valence-electron chi connectivity index (χ0n) is 7.01. The zero-order valence-corrected chi connectivity index (χ0v) is 11.3. The van der Waals surface area contributed by atoms with Crippen LogP contribution < -0.4 is 5.73 Å². The molecule has 0 spiro atoms. The van der Waals surface area contributed by atoms with Gasteiger partial charge in [0.05, 0.1) is 10.7 Å². The van der Waals surface area contributed by atoms with Crippen LogP contribution >= 0.6 is 34.8 Å². The maximum Gasteiger partial charge on any atom is 0.356 e. The molecule has 0 fully saturated rings. The van der Waals surface area contributed by atoms with Gasteiger partial charge in [-0.2, -0.15) is 0 Å². The number of nitrogens with two attached hydrogens (primary N) is 1. The van der Waals surface area contributed by atoms with Gasteiger partial charge in [0, 0.05) is 29.6 Å². The Morgan fingerprint density at radius 3 is 2.21 bits per heavy atom. The number of hydrogen-bond donors (Lipinski definition) is 2. The summed E-state index contributed by atoms with van der Waals surface area (Å²) in [6, 6.07) is 0. The van der Waals surface area contributed by atoms with Crippen LogP contribution in [-0.2, 0) is 0 Å². The molecule has 0 amide bonds. The minimum absolute atomic E-state index is 0. The van der Waals surface area contributed by atoms with Crippen molar-refractivity contribution >= 4 is 76.0 Å². The SMILES string of the molecule is Nc1c(Cl)c(Cl)nc(C(=O)O)c1Cl.[Na]. The third-order valence-electron chi connectivity index (χ3n) is 1.27. The summed E-state index contributed by atoms with van der Waals surface area (Å²) in [7, 11) is 0. The predicted octanol–water partition coefficient (Wildman–Crippen LogP) is 1.94. The molecule has 3 N–H and O–H groups in total. The van der Waals surface area contributed by atoms with Gasteiger partial charge < -0.3 is 10.8 Å². The summed E-state index contributed by atoms with van der Waals surface area (Å²) in [5, 5.41) is 8.17. The molecule has 1 aromatic heterocycles. The Morgan fingerprint density at radius 1 is 1.29 bits per heavy atom. The topological polar surface area (TPSA) is 76.2 Å². The van der Waals surface area contributed by atoms with Gasteiger partial charge in [0.15, 0.2) is 10.8 Å². The predicted molar refractivity (Wildman–Crippen MR) is 56.4 cm³/mol. The van der Waals surface area contributed by atoms with Crippen molar-refractivity contribution < 1.29 is 9.90 Å². The Morgan fingerprint density at radius 2 is 1.79 bits per heavy atom. The van der Waals surface area contributed by atoms with Gasteiger partial charge in [-0.05, 0) is 0 Å². The summed E-state index contributed by atoms with van der Waals surface area (Å²) in [6.45, 7) is 0. The van der Waals surface area contributed by atoms with E-state index in [-0.39, 0.29) is 50.4 Å². The van der Waals surface area contributed by atoms with Gasteiger partial charge >= 0.3 is 5.97 Å². The fourth-order valence-electron chi connectivity index (χ4n) is 0.673. The molecule has 0 atom stereocenters. The Labute approximate surface area is 117 Å². The monoisotopic (exact) mass is 263 g/mol. The first-order valence-electron chi connectivity index (χ1n) is 2.98. The van der Waals surface area contributed by atoms with E-state index in [1.807, 2.05) is 0 Å². The summed E-state index contributed by atoms with van der Waals surface area (Å²) in [6.07, 6.45) is 0. The molecule has 4 nitrogen and oxygen atoms in total. The number of nitrogen functional groups attached to an aromatic ring is 1. The Bertz CT molecular complexity index is 386. The van der Waals surface area contributed by atoms with E-state index in [9.17, 15) is 4.79 Å². The second-order valence-electron chi connectivity index (χ2n) is 2.10. The molecule has 0 aromatic carbocycles. The van der Waals surface area contributed by atoms with Gasteiger partial charge in [-0.1, -0.05) is 34.8 Å². The average molecular weight is 264 g/mol. The first-order chi connectivity index (χ1) is 5.95. The minimum atomic E-state index is -1.31. The van der Waals surface area contributed by atoms with E-state index < -0.39 is 11.7 Å². The average Bonchev–Trinajstić information content (AvgIpc) is 2.07. The van der Waals surface area contributed by atoms with E-state index in [2.05, 4.69) is 4.98 Å². The Hall–Kier alpha value is 0.290. The van der Waals surface area contributed by atoms with E-state index in [1.54, 1.807) is 0 Å². The molecule has 0 aliphatic carbocycles. The molecular weight excluding hydrogens is 261 g/mol. The van der Waals surface area contributed by atoms with Crippen molar-refractivity contribution in [3.05, 3.63) is 20.9 Å². The number of pyridine rings is 1. The van der Waals surface area contributed by atoms with Gasteiger partial charge in [-0.15, -0.1) is 0 Å². The minimum Gasteiger partial charge on any atom is -0.476 e. The van der Waals surface area contributed by atoms with Crippen LogP contribution in [0.4, 0.5) is 5.69 Å². The molecule has 71 valence electrons. The molecule has 0 unspecified atom stereocenters. The molecule has 1 rings (SSSR count). The second kappa shape index (κ2) is 5.39. The van der Waals surface area contributed by atoms with Gasteiger partial charge in [-0.3, -0.25) is 0 Å². The summed E-state index contributed by atoms with van der Waals surface area (Å²) in [5.41, 5.74) is 4.88. The summed E-state index contributed by atoms with van der Waals surface area (Å²) in [4.78, 5) is 14.0. The van der Waals surface area contributed by atoms with Crippen LogP contribution in [0, 0.1) is 0 Å². The van der Waals surface area contributed by atoms with Crippen LogP contribution in [0.25, 0.3) is 0 Å². The van der Waals surface area contributed by atoms with E-state index in [1.165, 1.54) is 0 Å². The van der Waals surface area contributed by atoms with Gasteiger partial charge in [-0.25, -0.2) is 9.78 Å². The van der Waals surface area contributed by atoms with Gasteiger partial charge in [0.25, 0.3) is 0 Å². The standard InChI is InChI=1S/C6H3Cl3N2O2.Na/c7-1-3(10)2(8)5(9)11-4(1)6(12)13;/h(H2,10,11)(H,12,13);. The molecule has 8 heteroatoms.